The molecule has 1 aromatic heterocycles. The minimum Gasteiger partial charge on any atom is -0.480 e. The van der Waals surface area contributed by atoms with Gasteiger partial charge in [-0.05, 0) is 24.6 Å². The van der Waals surface area contributed by atoms with E-state index in [1.54, 1.807) is 7.11 Å². The highest BCUT2D eigenvalue weighted by molar-refractivity contribution is 6.31. The second-order valence-corrected chi connectivity index (χ2v) is 3.46. The van der Waals surface area contributed by atoms with Crippen molar-refractivity contribution in [1.29, 1.82) is 0 Å². The molecular weight excluding hydrogens is 188 g/mol. The number of nitrogens with zero attached hydrogens (tertiary/aromatic N) is 1. The summed E-state index contributed by atoms with van der Waals surface area (Å²) >= 11 is 5.94. The Bertz CT molecular complexity index is 312. The molecule has 0 spiro atoms. The molecule has 0 amide bonds. The van der Waals surface area contributed by atoms with E-state index in [4.69, 9.17) is 16.3 Å². The normalized spacial score (nSPS) is 20.9. The van der Waals surface area contributed by atoms with Crippen molar-refractivity contribution in [2.45, 2.75) is 12.5 Å². The molecule has 1 aromatic rings. The highest BCUT2D eigenvalue weighted by atomic mass is 35.5. The molecule has 1 fully saturated rings. The van der Waals surface area contributed by atoms with Gasteiger partial charge in [0, 0.05) is 12.2 Å². The largest absolute Gasteiger partial charge is 0.480 e. The Morgan fingerprint density at radius 2 is 2.46 bits per heavy atom. The van der Waals surface area contributed by atoms with Crippen LogP contribution in [0.2, 0.25) is 5.02 Å². The van der Waals surface area contributed by atoms with Crippen molar-refractivity contribution in [3.8, 4) is 5.88 Å². The van der Waals surface area contributed by atoms with Gasteiger partial charge in [0.15, 0.2) is 0 Å². The fraction of sp³-hybridized carbons (Fsp3) is 0.444. The summed E-state index contributed by atoms with van der Waals surface area (Å²) in [4.78, 5) is 4.11. The highest BCUT2D eigenvalue weighted by Crippen LogP contribution is 2.28. The number of aromatic nitrogens is 1. The number of nitrogens with one attached hydrogen (secondary N) is 1. The van der Waals surface area contributed by atoms with Gasteiger partial charge in [-0.2, -0.15) is 0 Å². The number of hydrogen-bond donors (Lipinski definition) is 1. The van der Waals surface area contributed by atoms with E-state index in [9.17, 15) is 0 Å². The van der Waals surface area contributed by atoms with Crippen LogP contribution in [0.15, 0.2) is 12.3 Å². The lowest BCUT2D eigenvalue weighted by Gasteiger charge is -2.27. The van der Waals surface area contributed by atoms with Crippen LogP contribution < -0.4 is 10.1 Å². The smallest absolute Gasteiger partial charge is 0.232 e. The molecule has 0 aromatic carbocycles. The highest BCUT2D eigenvalue weighted by Gasteiger charge is 2.19. The zero-order valence-electron chi connectivity index (χ0n) is 7.38. The van der Waals surface area contributed by atoms with Crippen molar-refractivity contribution in [3.63, 3.8) is 0 Å². The molecule has 1 N–H and O–H groups in total. The Labute approximate surface area is 82.1 Å². The molecule has 70 valence electrons. The molecule has 1 atom stereocenters. The molecule has 2 rings (SSSR count). The number of hydrogen-bond acceptors (Lipinski definition) is 3. The first-order valence-electron chi connectivity index (χ1n) is 4.24. The summed E-state index contributed by atoms with van der Waals surface area (Å²) in [5.74, 6) is 0.491. The van der Waals surface area contributed by atoms with Crippen LogP contribution in [0.4, 0.5) is 0 Å². The van der Waals surface area contributed by atoms with Crippen molar-refractivity contribution >= 4 is 11.6 Å². The number of methoxy groups -OCH3 is 1. The molecule has 0 aliphatic carbocycles. The predicted molar refractivity (Wildman–Crippen MR) is 51.2 cm³/mol. The minimum atomic E-state index is 0.427. The molecule has 0 unspecified atom stereocenters. The van der Waals surface area contributed by atoms with Gasteiger partial charge >= 0.3 is 0 Å². The maximum absolute atomic E-state index is 5.94. The maximum atomic E-state index is 5.94. The van der Waals surface area contributed by atoms with Gasteiger partial charge in [0.2, 0.25) is 5.88 Å². The van der Waals surface area contributed by atoms with E-state index in [2.05, 4.69) is 10.3 Å². The summed E-state index contributed by atoms with van der Waals surface area (Å²) in [7, 11) is 1.56. The van der Waals surface area contributed by atoms with Crippen LogP contribution in [-0.4, -0.2) is 18.6 Å². The van der Waals surface area contributed by atoms with Crippen LogP contribution in [0.25, 0.3) is 0 Å². The Balaban J connectivity index is 2.24. The summed E-state index contributed by atoms with van der Waals surface area (Å²) in [6.45, 7) is 1.08. The molecule has 2 heterocycles. The third-order valence-corrected chi connectivity index (χ3v) is 2.52. The molecule has 0 bridgehead atoms. The van der Waals surface area contributed by atoms with Gasteiger partial charge in [-0.15, -0.1) is 0 Å². The van der Waals surface area contributed by atoms with Gasteiger partial charge in [0.25, 0.3) is 0 Å². The Morgan fingerprint density at radius 1 is 1.69 bits per heavy atom. The number of halogens is 1. The fourth-order valence-corrected chi connectivity index (χ4v) is 1.61. The van der Waals surface area contributed by atoms with Gasteiger partial charge in [0.1, 0.15) is 5.02 Å². The quantitative estimate of drug-likeness (QED) is 0.787. The van der Waals surface area contributed by atoms with Crippen LogP contribution >= 0.6 is 11.6 Å². The van der Waals surface area contributed by atoms with Crippen molar-refractivity contribution < 1.29 is 4.74 Å². The summed E-state index contributed by atoms with van der Waals surface area (Å²) in [5, 5.41) is 3.86. The van der Waals surface area contributed by atoms with Gasteiger partial charge in [-0.3, -0.25) is 0 Å². The molecule has 0 radical (unpaired) electrons. The topological polar surface area (TPSA) is 34.1 Å². The second kappa shape index (κ2) is 3.52. The summed E-state index contributed by atoms with van der Waals surface area (Å²) in [6, 6.07) is 2.33. The van der Waals surface area contributed by atoms with Crippen molar-refractivity contribution in [2.75, 3.05) is 13.7 Å². The average Bonchev–Trinajstić information content (AvgIpc) is 2.01. The van der Waals surface area contributed by atoms with E-state index >= 15 is 0 Å². The third-order valence-electron chi connectivity index (χ3n) is 2.25. The summed E-state index contributed by atoms with van der Waals surface area (Å²) in [5.41, 5.74) is 1.14. The van der Waals surface area contributed by atoms with Crippen LogP contribution in [0, 0.1) is 0 Å². The zero-order chi connectivity index (χ0) is 9.26. The summed E-state index contributed by atoms with van der Waals surface area (Å²) in [6.07, 6.45) is 2.96. The molecule has 4 heteroatoms. The fourth-order valence-electron chi connectivity index (χ4n) is 1.35. The van der Waals surface area contributed by atoms with E-state index in [1.165, 1.54) is 0 Å². The molecule has 0 saturated carbocycles. The van der Waals surface area contributed by atoms with E-state index in [-0.39, 0.29) is 0 Å². The SMILES string of the molecule is COc1ncc([C@@H]2CCN2)cc1Cl. The van der Waals surface area contributed by atoms with Gasteiger partial charge in [-0.1, -0.05) is 11.6 Å². The first-order valence-corrected chi connectivity index (χ1v) is 4.62. The molecule has 1 saturated heterocycles. The third kappa shape index (κ3) is 1.62. The number of rotatable bonds is 2. The van der Waals surface area contributed by atoms with Crippen LogP contribution in [-0.2, 0) is 0 Å². The van der Waals surface area contributed by atoms with Crippen molar-refractivity contribution in [3.05, 3.63) is 22.8 Å². The van der Waals surface area contributed by atoms with Crippen LogP contribution in [0.3, 0.4) is 0 Å². The second-order valence-electron chi connectivity index (χ2n) is 3.06. The average molecular weight is 199 g/mol. The Kier molecular flexibility index (Phi) is 2.38. The van der Waals surface area contributed by atoms with Crippen molar-refractivity contribution in [2.24, 2.45) is 0 Å². The first kappa shape index (κ1) is 8.78. The van der Waals surface area contributed by atoms with Gasteiger partial charge in [-0.25, -0.2) is 4.98 Å². The lowest BCUT2D eigenvalue weighted by molar-refractivity contribution is 0.377. The standard InChI is InChI=1S/C9H11ClN2O/c1-13-9-7(10)4-6(5-12-9)8-2-3-11-8/h4-5,8,11H,2-3H2,1H3/t8-/m0/s1. The Hall–Kier alpha value is -0.800. The van der Waals surface area contributed by atoms with E-state index in [0.717, 1.165) is 18.5 Å². The lowest BCUT2D eigenvalue weighted by atomic mass is 10.00. The first-order chi connectivity index (χ1) is 6.31. The minimum absolute atomic E-state index is 0.427. The molecular formula is C9H11ClN2O. The lowest BCUT2D eigenvalue weighted by Crippen LogP contribution is -2.34. The van der Waals surface area contributed by atoms with Crippen LogP contribution in [0.5, 0.6) is 5.88 Å². The molecule has 13 heavy (non-hydrogen) atoms. The molecule has 1 aliphatic rings. The summed E-state index contributed by atoms with van der Waals surface area (Å²) < 4.78 is 4.97. The maximum Gasteiger partial charge on any atom is 0.232 e. The van der Waals surface area contributed by atoms with E-state index < -0.39 is 0 Å². The van der Waals surface area contributed by atoms with Crippen molar-refractivity contribution in [1.82, 2.24) is 10.3 Å². The van der Waals surface area contributed by atoms with Gasteiger partial charge in [0.05, 0.1) is 7.11 Å². The number of pyridine rings is 1. The molecule has 1 aliphatic heterocycles. The Morgan fingerprint density at radius 3 is 2.92 bits per heavy atom. The van der Waals surface area contributed by atoms with E-state index in [0.29, 0.717) is 16.9 Å². The monoisotopic (exact) mass is 198 g/mol. The number of ether oxygens (including phenoxy) is 1. The predicted octanol–water partition coefficient (Wildman–Crippen LogP) is 1.78. The zero-order valence-corrected chi connectivity index (χ0v) is 8.14. The van der Waals surface area contributed by atoms with Gasteiger partial charge < -0.3 is 10.1 Å². The van der Waals surface area contributed by atoms with Crippen LogP contribution in [0.1, 0.15) is 18.0 Å². The van der Waals surface area contributed by atoms with E-state index in [1.807, 2.05) is 12.3 Å². The molecule has 3 nitrogen and oxygen atoms in total.